The van der Waals surface area contributed by atoms with Crippen LogP contribution < -0.4 is 10.1 Å². The molecule has 0 aliphatic heterocycles. The SMILES string of the molecule is CCOc1ccccc1Nc1ccc([N+](=O)[O-])cc1[N+](=O)[O-]. The maximum atomic E-state index is 11.1. The molecular weight excluding hydrogens is 290 g/mol. The molecule has 0 amide bonds. The molecule has 0 radical (unpaired) electrons. The van der Waals surface area contributed by atoms with Gasteiger partial charge in [0.1, 0.15) is 11.4 Å². The molecule has 0 heterocycles. The van der Waals surface area contributed by atoms with E-state index in [1.807, 2.05) is 6.92 Å². The molecule has 22 heavy (non-hydrogen) atoms. The Morgan fingerprint density at radius 2 is 1.77 bits per heavy atom. The Labute approximate surface area is 125 Å². The summed E-state index contributed by atoms with van der Waals surface area (Å²) < 4.78 is 5.43. The minimum absolute atomic E-state index is 0.155. The van der Waals surface area contributed by atoms with Crippen molar-refractivity contribution < 1.29 is 14.6 Å². The van der Waals surface area contributed by atoms with Crippen molar-refractivity contribution in [3.05, 3.63) is 62.7 Å². The molecule has 0 aliphatic rings. The second-order valence-electron chi connectivity index (χ2n) is 4.27. The molecule has 0 unspecified atom stereocenters. The molecule has 0 saturated carbocycles. The van der Waals surface area contributed by atoms with Crippen LogP contribution >= 0.6 is 0 Å². The molecule has 2 aromatic carbocycles. The number of ether oxygens (including phenoxy) is 1. The first-order valence-electron chi connectivity index (χ1n) is 6.44. The first-order chi connectivity index (χ1) is 10.5. The molecule has 1 N–H and O–H groups in total. The molecular formula is C14H13N3O5. The van der Waals surface area contributed by atoms with E-state index in [9.17, 15) is 20.2 Å². The predicted octanol–water partition coefficient (Wildman–Crippen LogP) is 3.65. The fourth-order valence-corrected chi connectivity index (χ4v) is 1.89. The largest absolute Gasteiger partial charge is 0.492 e. The zero-order chi connectivity index (χ0) is 16.1. The Bertz CT molecular complexity index is 717. The number of hydrogen-bond acceptors (Lipinski definition) is 6. The summed E-state index contributed by atoms with van der Waals surface area (Å²) in [6.45, 7) is 2.27. The number of hydrogen-bond donors (Lipinski definition) is 1. The first kappa shape index (κ1) is 15.2. The van der Waals surface area contributed by atoms with Gasteiger partial charge in [0.2, 0.25) is 0 Å². The predicted molar refractivity (Wildman–Crippen MR) is 80.6 cm³/mol. The maximum absolute atomic E-state index is 11.1. The van der Waals surface area contributed by atoms with Gasteiger partial charge in [-0.15, -0.1) is 0 Å². The van der Waals surface area contributed by atoms with Crippen LogP contribution in [0.3, 0.4) is 0 Å². The summed E-state index contributed by atoms with van der Waals surface area (Å²) in [4.78, 5) is 20.5. The van der Waals surface area contributed by atoms with Crippen LogP contribution in [0.1, 0.15) is 6.92 Å². The summed E-state index contributed by atoms with van der Waals surface area (Å²) in [5, 5.41) is 24.7. The summed E-state index contributed by atoms with van der Waals surface area (Å²) >= 11 is 0. The summed E-state index contributed by atoms with van der Waals surface area (Å²) in [6.07, 6.45) is 0. The lowest BCUT2D eigenvalue weighted by atomic mass is 10.2. The quantitative estimate of drug-likeness (QED) is 0.644. The Kier molecular flexibility index (Phi) is 4.52. The van der Waals surface area contributed by atoms with Crippen LogP contribution in [0.25, 0.3) is 0 Å². The normalized spacial score (nSPS) is 10.0. The number of benzene rings is 2. The van der Waals surface area contributed by atoms with Crippen LogP contribution in [0.2, 0.25) is 0 Å². The van der Waals surface area contributed by atoms with Gasteiger partial charge in [-0.3, -0.25) is 20.2 Å². The van der Waals surface area contributed by atoms with Gasteiger partial charge >= 0.3 is 0 Å². The van der Waals surface area contributed by atoms with Crippen molar-refractivity contribution in [3.8, 4) is 5.75 Å². The van der Waals surface area contributed by atoms with Gasteiger partial charge in [0, 0.05) is 6.07 Å². The van der Waals surface area contributed by atoms with Gasteiger partial charge in [-0.2, -0.15) is 0 Å². The average molecular weight is 303 g/mol. The molecule has 0 spiro atoms. The minimum atomic E-state index is -0.676. The van der Waals surface area contributed by atoms with Crippen LogP contribution in [0.15, 0.2) is 42.5 Å². The van der Waals surface area contributed by atoms with E-state index < -0.39 is 9.85 Å². The Morgan fingerprint density at radius 3 is 2.41 bits per heavy atom. The third kappa shape index (κ3) is 3.29. The van der Waals surface area contributed by atoms with Crippen LogP contribution in [-0.2, 0) is 0 Å². The number of non-ortho nitro benzene ring substituents is 1. The summed E-state index contributed by atoms with van der Waals surface area (Å²) in [5.74, 6) is 0.539. The summed E-state index contributed by atoms with van der Waals surface area (Å²) in [7, 11) is 0. The first-order valence-corrected chi connectivity index (χ1v) is 6.44. The number of anilines is 2. The highest BCUT2D eigenvalue weighted by Crippen LogP contribution is 2.34. The average Bonchev–Trinajstić information content (AvgIpc) is 2.49. The number of nitrogens with one attached hydrogen (secondary N) is 1. The maximum Gasteiger partial charge on any atom is 0.299 e. The van der Waals surface area contributed by atoms with E-state index in [1.54, 1.807) is 24.3 Å². The molecule has 0 atom stereocenters. The topological polar surface area (TPSA) is 108 Å². The van der Waals surface area contributed by atoms with Crippen LogP contribution in [0.4, 0.5) is 22.7 Å². The third-order valence-corrected chi connectivity index (χ3v) is 2.85. The Balaban J connectivity index is 2.41. The number of nitrogens with zero attached hydrogens (tertiary/aromatic N) is 2. The molecule has 0 aromatic heterocycles. The highest BCUT2D eigenvalue weighted by atomic mass is 16.6. The second-order valence-corrected chi connectivity index (χ2v) is 4.27. The molecule has 0 aliphatic carbocycles. The fraction of sp³-hybridized carbons (Fsp3) is 0.143. The lowest BCUT2D eigenvalue weighted by Crippen LogP contribution is -2.01. The molecule has 2 rings (SSSR count). The number of rotatable bonds is 6. The smallest absolute Gasteiger partial charge is 0.299 e. The van der Waals surface area contributed by atoms with E-state index in [0.29, 0.717) is 18.0 Å². The zero-order valence-corrected chi connectivity index (χ0v) is 11.7. The monoisotopic (exact) mass is 303 g/mol. The van der Waals surface area contributed by atoms with Crippen LogP contribution in [-0.4, -0.2) is 16.5 Å². The van der Waals surface area contributed by atoms with Crippen LogP contribution in [0, 0.1) is 20.2 Å². The molecule has 8 heteroatoms. The standard InChI is InChI=1S/C14H13N3O5/c1-2-22-14-6-4-3-5-12(14)15-11-8-7-10(16(18)19)9-13(11)17(20)21/h3-9,15H,2H2,1H3. The molecule has 2 aromatic rings. The van der Waals surface area contributed by atoms with E-state index in [4.69, 9.17) is 4.74 Å². The lowest BCUT2D eigenvalue weighted by molar-refractivity contribution is -0.393. The summed E-state index contributed by atoms with van der Waals surface area (Å²) in [6, 6.07) is 10.4. The van der Waals surface area contributed by atoms with Gasteiger partial charge in [0.05, 0.1) is 28.2 Å². The van der Waals surface area contributed by atoms with Crippen molar-refractivity contribution in [2.75, 3.05) is 11.9 Å². The minimum Gasteiger partial charge on any atom is -0.492 e. The van der Waals surface area contributed by atoms with Gasteiger partial charge < -0.3 is 10.1 Å². The number of para-hydroxylation sites is 2. The lowest BCUT2D eigenvalue weighted by Gasteiger charge is -2.12. The van der Waals surface area contributed by atoms with Gasteiger partial charge in [-0.25, -0.2) is 0 Å². The van der Waals surface area contributed by atoms with Crippen molar-refractivity contribution in [2.24, 2.45) is 0 Å². The van der Waals surface area contributed by atoms with Gasteiger partial charge in [-0.05, 0) is 25.1 Å². The summed E-state index contributed by atoms with van der Waals surface area (Å²) in [5.41, 5.74) is -0.0140. The molecule has 0 fully saturated rings. The van der Waals surface area contributed by atoms with E-state index in [0.717, 1.165) is 6.07 Å². The molecule has 8 nitrogen and oxygen atoms in total. The molecule has 0 saturated heterocycles. The van der Waals surface area contributed by atoms with E-state index >= 15 is 0 Å². The highest BCUT2D eigenvalue weighted by Gasteiger charge is 2.20. The van der Waals surface area contributed by atoms with Gasteiger partial charge in [0.15, 0.2) is 0 Å². The van der Waals surface area contributed by atoms with Crippen molar-refractivity contribution in [1.29, 1.82) is 0 Å². The Morgan fingerprint density at radius 1 is 1.05 bits per heavy atom. The zero-order valence-electron chi connectivity index (χ0n) is 11.7. The van der Waals surface area contributed by atoms with Crippen LogP contribution in [0.5, 0.6) is 5.75 Å². The van der Waals surface area contributed by atoms with Crippen molar-refractivity contribution in [2.45, 2.75) is 6.92 Å². The third-order valence-electron chi connectivity index (χ3n) is 2.85. The van der Waals surface area contributed by atoms with Crippen molar-refractivity contribution in [1.82, 2.24) is 0 Å². The molecule has 0 bridgehead atoms. The Hall–Kier alpha value is -3.16. The van der Waals surface area contributed by atoms with Gasteiger partial charge in [0.25, 0.3) is 11.4 Å². The molecule has 114 valence electrons. The van der Waals surface area contributed by atoms with Gasteiger partial charge in [-0.1, -0.05) is 12.1 Å². The number of nitro benzene ring substituents is 2. The van der Waals surface area contributed by atoms with Crippen molar-refractivity contribution >= 4 is 22.7 Å². The van der Waals surface area contributed by atoms with E-state index in [2.05, 4.69) is 5.32 Å². The highest BCUT2D eigenvalue weighted by molar-refractivity contribution is 5.74. The van der Waals surface area contributed by atoms with E-state index in [1.165, 1.54) is 12.1 Å². The number of nitro groups is 2. The fourth-order valence-electron chi connectivity index (χ4n) is 1.89. The second kappa shape index (κ2) is 6.53. The van der Waals surface area contributed by atoms with E-state index in [-0.39, 0.29) is 17.1 Å². The van der Waals surface area contributed by atoms with Crippen molar-refractivity contribution in [3.63, 3.8) is 0 Å².